The van der Waals surface area contributed by atoms with Crippen molar-refractivity contribution in [3.05, 3.63) is 125 Å². The molecule has 6 aromatic rings. The summed E-state index contributed by atoms with van der Waals surface area (Å²) in [7, 11) is 0. The molecule has 7 rings (SSSR count). The summed E-state index contributed by atoms with van der Waals surface area (Å²) >= 11 is 3.62. The number of benzene rings is 5. The Bertz CT molecular complexity index is 1780. The van der Waals surface area contributed by atoms with Crippen LogP contribution in [-0.2, 0) is 5.41 Å². The predicted molar refractivity (Wildman–Crippen MR) is 154 cm³/mol. The van der Waals surface area contributed by atoms with E-state index in [1.54, 1.807) is 0 Å². The zero-order valence-electron chi connectivity index (χ0n) is 20.1. The van der Waals surface area contributed by atoms with Gasteiger partial charge in [0.05, 0.1) is 11.4 Å². The first kappa shape index (κ1) is 21.5. The zero-order valence-corrected chi connectivity index (χ0v) is 21.7. The van der Waals surface area contributed by atoms with Gasteiger partial charge in [0.15, 0.2) is 5.58 Å². The smallest absolute Gasteiger partial charge is 0.159 e. The number of nitrogens with zero attached hydrogens (tertiary/aromatic N) is 1. The molecular formula is C33H24BrNO. The van der Waals surface area contributed by atoms with E-state index < -0.39 is 0 Å². The van der Waals surface area contributed by atoms with Gasteiger partial charge in [-0.1, -0.05) is 96.5 Å². The normalized spacial score (nSPS) is 13.6. The fraction of sp³-hybridized carbons (Fsp3) is 0.0909. The molecule has 0 atom stereocenters. The van der Waals surface area contributed by atoms with E-state index in [1.807, 2.05) is 12.1 Å². The van der Waals surface area contributed by atoms with Crippen molar-refractivity contribution in [2.24, 2.45) is 0 Å². The van der Waals surface area contributed by atoms with Gasteiger partial charge in [0.2, 0.25) is 0 Å². The van der Waals surface area contributed by atoms with E-state index in [2.05, 4.69) is 132 Å². The highest BCUT2D eigenvalue weighted by Gasteiger charge is 2.37. The summed E-state index contributed by atoms with van der Waals surface area (Å²) in [5, 5.41) is 2.26. The number of fused-ring (bicyclic) bond motifs is 6. The molecule has 0 radical (unpaired) electrons. The van der Waals surface area contributed by atoms with Crippen molar-refractivity contribution in [1.29, 1.82) is 0 Å². The maximum atomic E-state index is 6.51. The second-order valence-corrected chi connectivity index (χ2v) is 10.8. The van der Waals surface area contributed by atoms with Crippen LogP contribution in [0.4, 0.5) is 17.1 Å². The van der Waals surface area contributed by atoms with E-state index in [0.29, 0.717) is 0 Å². The fourth-order valence-corrected chi connectivity index (χ4v) is 6.09. The number of furan rings is 1. The van der Waals surface area contributed by atoms with E-state index in [-0.39, 0.29) is 5.41 Å². The first-order chi connectivity index (χ1) is 17.5. The highest BCUT2D eigenvalue weighted by atomic mass is 79.9. The van der Waals surface area contributed by atoms with E-state index in [0.717, 1.165) is 43.5 Å². The number of para-hydroxylation sites is 2. The second-order valence-electron chi connectivity index (χ2n) is 9.93. The third-order valence-electron chi connectivity index (χ3n) is 7.54. The SMILES string of the molecule is CC1(C)c2ccccc2-c2c(N(c3ccc(Br)cc3)c3cccc4c3oc3ccccc34)cccc21. The van der Waals surface area contributed by atoms with Crippen molar-refractivity contribution in [3.63, 3.8) is 0 Å². The van der Waals surface area contributed by atoms with Gasteiger partial charge in [-0.25, -0.2) is 0 Å². The van der Waals surface area contributed by atoms with Crippen LogP contribution in [0.5, 0.6) is 0 Å². The topological polar surface area (TPSA) is 16.4 Å². The maximum absolute atomic E-state index is 6.51. The monoisotopic (exact) mass is 529 g/mol. The quantitative estimate of drug-likeness (QED) is 0.226. The van der Waals surface area contributed by atoms with Crippen molar-refractivity contribution in [2.45, 2.75) is 19.3 Å². The van der Waals surface area contributed by atoms with Gasteiger partial charge in [-0.3, -0.25) is 0 Å². The number of hydrogen-bond donors (Lipinski definition) is 0. The molecule has 36 heavy (non-hydrogen) atoms. The van der Waals surface area contributed by atoms with Gasteiger partial charge < -0.3 is 9.32 Å². The number of hydrogen-bond acceptors (Lipinski definition) is 2. The summed E-state index contributed by atoms with van der Waals surface area (Å²) < 4.78 is 7.56. The van der Waals surface area contributed by atoms with Crippen LogP contribution in [0.1, 0.15) is 25.0 Å². The van der Waals surface area contributed by atoms with Gasteiger partial charge in [-0.05, 0) is 59.2 Å². The van der Waals surface area contributed by atoms with Crippen LogP contribution < -0.4 is 4.90 Å². The molecule has 0 aliphatic heterocycles. The van der Waals surface area contributed by atoms with Crippen LogP contribution in [0.25, 0.3) is 33.1 Å². The molecule has 0 N–H and O–H groups in total. The number of anilines is 3. The Morgan fingerprint density at radius 2 is 1.31 bits per heavy atom. The first-order valence-electron chi connectivity index (χ1n) is 12.2. The maximum Gasteiger partial charge on any atom is 0.159 e. The Morgan fingerprint density at radius 1 is 0.639 bits per heavy atom. The molecule has 0 fully saturated rings. The van der Waals surface area contributed by atoms with Crippen LogP contribution in [0.3, 0.4) is 0 Å². The molecule has 0 unspecified atom stereocenters. The van der Waals surface area contributed by atoms with Crippen molar-refractivity contribution >= 4 is 54.9 Å². The Hall–Kier alpha value is -3.82. The molecule has 0 saturated heterocycles. The standard InChI is InChI=1S/C33H24BrNO/c1-33(2)26-12-5-3-10-25(26)31-27(33)13-8-14-28(31)35(22-19-17-21(34)18-20-22)29-15-7-11-24-23-9-4-6-16-30(23)36-32(24)29/h3-20H,1-2H3. The molecule has 0 saturated carbocycles. The molecule has 1 aliphatic carbocycles. The lowest BCUT2D eigenvalue weighted by Gasteiger charge is -2.28. The summed E-state index contributed by atoms with van der Waals surface area (Å²) in [5.41, 5.74) is 10.3. The van der Waals surface area contributed by atoms with Crippen LogP contribution in [-0.4, -0.2) is 0 Å². The van der Waals surface area contributed by atoms with Crippen molar-refractivity contribution in [1.82, 2.24) is 0 Å². The molecule has 5 aromatic carbocycles. The second kappa shape index (κ2) is 7.84. The van der Waals surface area contributed by atoms with E-state index in [4.69, 9.17) is 4.42 Å². The highest BCUT2D eigenvalue weighted by molar-refractivity contribution is 9.10. The molecule has 0 bridgehead atoms. The minimum Gasteiger partial charge on any atom is -0.454 e. The lowest BCUT2D eigenvalue weighted by Crippen LogP contribution is -2.16. The van der Waals surface area contributed by atoms with Crippen molar-refractivity contribution in [3.8, 4) is 11.1 Å². The predicted octanol–water partition coefficient (Wildman–Crippen LogP) is 10.1. The largest absolute Gasteiger partial charge is 0.454 e. The molecule has 1 aromatic heterocycles. The zero-order chi connectivity index (χ0) is 24.4. The van der Waals surface area contributed by atoms with Gasteiger partial charge >= 0.3 is 0 Å². The van der Waals surface area contributed by atoms with Gasteiger partial charge in [-0.15, -0.1) is 0 Å². The molecule has 2 nitrogen and oxygen atoms in total. The molecule has 1 heterocycles. The summed E-state index contributed by atoms with van der Waals surface area (Å²) in [4.78, 5) is 2.36. The van der Waals surface area contributed by atoms with Crippen LogP contribution in [0, 0.1) is 0 Å². The summed E-state index contributed by atoms with van der Waals surface area (Å²) in [6.07, 6.45) is 0. The minimum absolute atomic E-state index is 0.0707. The van der Waals surface area contributed by atoms with E-state index in [1.165, 1.54) is 22.3 Å². The lowest BCUT2D eigenvalue weighted by molar-refractivity contribution is 0.660. The average molecular weight is 530 g/mol. The first-order valence-corrected chi connectivity index (χ1v) is 13.0. The van der Waals surface area contributed by atoms with Crippen molar-refractivity contribution < 1.29 is 4.42 Å². The molecule has 174 valence electrons. The Balaban J connectivity index is 1.57. The Morgan fingerprint density at radius 3 is 2.17 bits per heavy atom. The van der Waals surface area contributed by atoms with Crippen LogP contribution in [0.2, 0.25) is 0 Å². The molecule has 3 heteroatoms. The number of rotatable bonds is 3. The summed E-state index contributed by atoms with van der Waals surface area (Å²) in [5.74, 6) is 0. The summed E-state index contributed by atoms with van der Waals surface area (Å²) in [6.45, 7) is 4.65. The van der Waals surface area contributed by atoms with Crippen LogP contribution in [0.15, 0.2) is 118 Å². The van der Waals surface area contributed by atoms with Gasteiger partial charge in [-0.2, -0.15) is 0 Å². The van der Waals surface area contributed by atoms with Gasteiger partial charge in [0, 0.05) is 31.9 Å². The highest BCUT2D eigenvalue weighted by Crippen LogP contribution is 2.54. The molecular weight excluding hydrogens is 506 g/mol. The minimum atomic E-state index is -0.0707. The number of halogens is 1. The van der Waals surface area contributed by atoms with Crippen molar-refractivity contribution in [2.75, 3.05) is 4.90 Å². The molecule has 0 amide bonds. The molecule has 0 spiro atoms. The average Bonchev–Trinajstić information content (AvgIpc) is 3.40. The lowest BCUT2D eigenvalue weighted by atomic mass is 9.82. The van der Waals surface area contributed by atoms with Gasteiger partial charge in [0.1, 0.15) is 5.58 Å². The van der Waals surface area contributed by atoms with E-state index >= 15 is 0 Å². The van der Waals surface area contributed by atoms with E-state index in [9.17, 15) is 0 Å². The van der Waals surface area contributed by atoms with Crippen LogP contribution >= 0.6 is 15.9 Å². The summed E-state index contributed by atoms with van der Waals surface area (Å²) in [6, 6.07) is 38.8. The Kier molecular flexibility index (Phi) is 4.67. The molecule has 1 aliphatic rings. The van der Waals surface area contributed by atoms with Gasteiger partial charge in [0.25, 0.3) is 0 Å². The third kappa shape index (κ3) is 3.02. The Labute approximate surface area is 218 Å². The fourth-order valence-electron chi connectivity index (χ4n) is 5.83. The third-order valence-corrected chi connectivity index (χ3v) is 8.06.